The molecule has 0 saturated carbocycles. The highest BCUT2D eigenvalue weighted by Crippen LogP contribution is 2.11. The highest BCUT2D eigenvalue weighted by Gasteiger charge is 1.99. The van der Waals surface area contributed by atoms with Crippen molar-refractivity contribution >= 4 is 28.1 Å². The number of hydrogen-bond acceptors (Lipinski definition) is 2. The topological polar surface area (TPSA) is 28.7 Å². The lowest BCUT2D eigenvalue weighted by Gasteiger charge is -2.02. The average Bonchev–Trinajstić information content (AvgIpc) is 2.27. The molecule has 0 radical (unpaired) electrons. The number of aryl methyl sites for hydroxylation is 1. The summed E-state index contributed by atoms with van der Waals surface area (Å²) in [5.41, 5.74) is 2.49. The molecule has 4 heteroatoms. The lowest BCUT2D eigenvalue weighted by atomic mass is 10.1. The highest BCUT2D eigenvalue weighted by molar-refractivity contribution is 9.10. The van der Waals surface area contributed by atoms with Crippen molar-refractivity contribution in [2.75, 3.05) is 0 Å². The van der Waals surface area contributed by atoms with E-state index in [0.29, 0.717) is 4.64 Å². The number of aromatic amines is 1. The summed E-state index contributed by atoms with van der Waals surface area (Å²) in [6.45, 7) is 2.08. The molecule has 0 bridgehead atoms. The summed E-state index contributed by atoms with van der Waals surface area (Å²) in [5.74, 6) is 0.886. The van der Waals surface area contributed by atoms with Gasteiger partial charge in [-0.25, -0.2) is 4.98 Å². The molecule has 16 heavy (non-hydrogen) atoms. The van der Waals surface area contributed by atoms with Crippen molar-refractivity contribution in [3.05, 3.63) is 56.5 Å². The van der Waals surface area contributed by atoms with Crippen molar-refractivity contribution in [1.82, 2.24) is 9.97 Å². The number of aromatic nitrogens is 2. The summed E-state index contributed by atoms with van der Waals surface area (Å²) >= 11 is 8.46. The van der Waals surface area contributed by atoms with Crippen molar-refractivity contribution in [3.63, 3.8) is 0 Å². The van der Waals surface area contributed by atoms with Crippen LogP contribution < -0.4 is 0 Å². The molecule has 82 valence electrons. The molecule has 1 aromatic carbocycles. The Labute approximate surface area is 108 Å². The van der Waals surface area contributed by atoms with E-state index in [2.05, 4.69) is 57.1 Å². The Morgan fingerprint density at radius 3 is 2.62 bits per heavy atom. The van der Waals surface area contributed by atoms with Gasteiger partial charge in [-0.2, -0.15) is 0 Å². The Bertz CT molecular complexity index is 546. The molecule has 0 fully saturated rings. The standard InChI is InChI=1S/C12H11BrN2S/c1-8-2-4-9(5-3-8)6-11-14-7-10(13)12(16)15-11/h2-5,7H,6H2,1H3,(H,14,15,16). The quantitative estimate of drug-likeness (QED) is 0.854. The van der Waals surface area contributed by atoms with Gasteiger partial charge in [0.25, 0.3) is 0 Å². The molecule has 1 aromatic heterocycles. The first kappa shape index (κ1) is 11.5. The second kappa shape index (κ2) is 4.89. The SMILES string of the molecule is Cc1ccc(Cc2ncc(Br)c(=S)[nH]2)cc1. The van der Waals surface area contributed by atoms with Crippen molar-refractivity contribution in [2.45, 2.75) is 13.3 Å². The van der Waals surface area contributed by atoms with E-state index in [1.165, 1.54) is 11.1 Å². The molecule has 1 N–H and O–H groups in total. The first-order chi connectivity index (χ1) is 7.65. The molecule has 0 amide bonds. The van der Waals surface area contributed by atoms with Crippen LogP contribution in [0, 0.1) is 11.6 Å². The van der Waals surface area contributed by atoms with Crippen LogP contribution in [0.5, 0.6) is 0 Å². The van der Waals surface area contributed by atoms with Crippen LogP contribution in [0.4, 0.5) is 0 Å². The zero-order valence-electron chi connectivity index (χ0n) is 8.83. The van der Waals surface area contributed by atoms with E-state index in [-0.39, 0.29) is 0 Å². The van der Waals surface area contributed by atoms with Crippen LogP contribution in [0.15, 0.2) is 34.9 Å². The smallest absolute Gasteiger partial charge is 0.120 e. The Morgan fingerprint density at radius 2 is 2.00 bits per heavy atom. The van der Waals surface area contributed by atoms with Gasteiger partial charge in [0.15, 0.2) is 0 Å². The number of halogens is 1. The predicted octanol–water partition coefficient (Wildman–Crippen LogP) is 3.80. The van der Waals surface area contributed by atoms with Gasteiger partial charge in [-0.3, -0.25) is 0 Å². The van der Waals surface area contributed by atoms with Crippen LogP contribution in [0.2, 0.25) is 0 Å². The maximum atomic E-state index is 5.14. The Kier molecular flexibility index (Phi) is 3.51. The molecule has 2 nitrogen and oxygen atoms in total. The highest BCUT2D eigenvalue weighted by atomic mass is 79.9. The van der Waals surface area contributed by atoms with Crippen molar-refractivity contribution in [2.24, 2.45) is 0 Å². The van der Waals surface area contributed by atoms with Gasteiger partial charge in [-0.15, -0.1) is 0 Å². The summed E-state index contributed by atoms with van der Waals surface area (Å²) in [6.07, 6.45) is 2.51. The van der Waals surface area contributed by atoms with Gasteiger partial charge in [-0.05, 0) is 28.4 Å². The zero-order valence-corrected chi connectivity index (χ0v) is 11.2. The number of nitrogens with zero attached hydrogens (tertiary/aromatic N) is 1. The maximum Gasteiger partial charge on any atom is 0.120 e. The third kappa shape index (κ3) is 2.77. The number of nitrogens with one attached hydrogen (secondary N) is 1. The van der Waals surface area contributed by atoms with Crippen LogP contribution >= 0.6 is 28.1 Å². The lowest BCUT2D eigenvalue weighted by molar-refractivity contribution is 0.953. The van der Waals surface area contributed by atoms with Gasteiger partial charge in [0.1, 0.15) is 10.5 Å². The van der Waals surface area contributed by atoms with Gasteiger partial charge < -0.3 is 4.98 Å². The molecule has 0 unspecified atom stereocenters. The molecule has 0 aliphatic heterocycles. The van der Waals surface area contributed by atoms with E-state index >= 15 is 0 Å². The Morgan fingerprint density at radius 1 is 1.31 bits per heavy atom. The van der Waals surface area contributed by atoms with Gasteiger partial charge in [-0.1, -0.05) is 42.0 Å². The van der Waals surface area contributed by atoms with E-state index in [9.17, 15) is 0 Å². The summed E-state index contributed by atoms with van der Waals surface area (Å²) < 4.78 is 1.52. The molecular weight excluding hydrogens is 284 g/mol. The fourth-order valence-electron chi connectivity index (χ4n) is 1.41. The number of rotatable bonds is 2. The number of hydrogen-bond donors (Lipinski definition) is 1. The fourth-order valence-corrected chi connectivity index (χ4v) is 1.78. The Hall–Kier alpha value is -1.00. The van der Waals surface area contributed by atoms with Crippen LogP contribution in [-0.2, 0) is 6.42 Å². The monoisotopic (exact) mass is 294 g/mol. The number of benzene rings is 1. The molecule has 1 heterocycles. The Balaban J connectivity index is 2.24. The van der Waals surface area contributed by atoms with Gasteiger partial charge in [0.2, 0.25) is 0 Å². The van der Waals surface area contributed by atoms with E-state index < -0.39 is 0 Å². The van der Waals surface area contributed by atoms with Crippen LogP contribution in [-0.4, -0.2) is 9.97 Å². The summed E-state index contributed by atoms with van der Waals surface area (Å²) in [4.78, 5) is 7.38. The molecule has 2 aromatic rings. The summed E-state index contributed by atoms with van der Waals surface area (Å²) in [5, 5.41) is 0. The van der Waals surface area contributed by atoms with Crippen molar-refractivity contribution in [1.29, 1.82) is 0 Å². The molecule has 0 aliphatic rings. The van der Waals surface area contributed by atoms with E-state index in [1.807, 2.05) is 0 Å². The largest absolute Gasteiger partial charge is 0.334 e. The van der Waals surface area contributed by atoms with Gasteiger partial charge in [0, 0.05) is 12.6 Å². The van der Waals surface area contributed by atoms with Crippen LogP contribution in [0.1, 0.15) is 17.0 Å². The van der Waals surface area contributed by atoms with E-state index in [4.69, 9.17) is 12.2 Å². The van der Waals surface area contributed by atoms with E-state index in [0.717, 1.165) is 16.7 Å². The average molecular weight is 295 g/mol. The van der Waals surface area contributed by atoms with Crippen LogP contribution in [0.3, 0.4) is 0 Å². The maximum absolute atomic E-state index is 5.14. The third-order valence-corrected chi connectivity index (χ3v) is 3.49. The summed E-state index contributed by atoms with van der Waals surface area (Å²) in [6, 6.07) is 8.41. The van der Waals surface area contributed by atoms with Crippen LogP contribution in [0.25, 0.3) is 0 Å². The second-order valence-corrected chi connectivity index (χ2v) is 4.93. The first-order valence-corrected chi connectivity index (χ1v) is 6.14. The minimum absolute atomic E-state index is 0.692. The van der Waals surface area contributed by atoms with Gasteiger partial charge >= 0.3 is 0 Å². The molecule has 0 saturated heterocycles. The van der Waals surface area contributed by atoms with Crippen molar-refractivity contribution in [3.8, 4) is 0 Å². The van der Waals surface area contributed by atoms with Gasteiger partial charge in [0.05, 0.1) is 4.47 Å². The minimum Gasteiger partial charge on any atom is -0.334 e. The zero-order chi connectivity index (χ0) is 11.5. The first-order valence-electron chi connectivity index (χ1n) is 4.94. The molecule has 0 spiro atoms. The van der Waals surface area contributed by atoms with Crippen molar-refractivity contribution < 1.29 is 0 Å². The lowest BCUT2D eigenvalue weighted by Crippen LogP contribution is -1.96. The number of H-pyrrole nitrogens is 1. The summed E-state index contributed by atoms with van der Waals surface area (Å²) in [7, 11) is 0. The predicted molar refractivity (Wildman–Crippen MR) is 71.1 cm³/mol. The minimum atomic E-state index is 0.692. The molecule has 0 atom stereocenters. The second-order valence-electron chi connectivity index (χ2n) is 3.67. The normalized spacial score (nSPS) is 10.4. The molecule has 0 aliphatic carbocycles. The van der Waals surface area contributed by atoms with E-state index in [1.54, 1.807) is 6.20 Å². The third-order valence-electron chi connectivity index (χ3n) is 2.30. The fraction of sp³-hybridized carbons (Fsp3) is 0.167. The molecular formula is C12H11BrN2S. The molecule has 2 rings (SSSR count).